The fourth-order valence-corrected chi connectivity index (χ4v) is 1.76. The first-order valence-corrected chi connectivity index (χ1v) is 5.61. The molecule has 0 unspecified atom stereocenters. The van der Waals surface area contributed by atoms with E-state index in [1.54, 1.807) is 0 Å². The standard InChI is InChI=1S/C9H8F4O3Si/c10-5-3-4(1-2-17-16-9(14)15)6(11)8(13)7(5)12/h3,9,14-15H,1-2H2. The van der Waals surface area contributed by atoms with Gasteiger partial charge in [0, 0.05) is 0 Å². The maximum Gasteiger partial charge on any atom is 0.256 e. The highest BCUT2D eigenvalue weighted by Crippen LogP contribution is 2.19. The predicted molar refractivity (Wildman–Crippen MR) is 49.8 cm³/mol. The minimum atomic E-state index is -1.94. The van der Waals surface area contributed by atoms with E-state index in [-0.39, 0.29) is 27.8 Å². The van der Waals surface area contributed by atoms with Gasteiger partial charge in [-0.2, -0.15) is 0 Å². The molecule has 1 aromatic carbocycles. The molecule has 2 radical (unpaired) electrons. The van der Waals surface area contributed by atoms with Gasteiger partial charge in [-0.05, 0) is 24.1 Å². The number of aryl methyl sites for hydroxylation is 1. The van der Waals surface area contributed by atoms with Crippen molar-refractivity contribution in [3.63, 3.8) is 0 Å². The van der Waals surface area contributed by atoms with Crippen LogP contribution in [0.15, 0.2) is 6.07 Å². The van der Waals surface area contributed by atoms with E-state index in [9.17, 15) is 17.6 Å². The molecule has 0 aromatic heterocycles. The second kappa shape index (κ2) is 6.10. The van der Waals surface area contributed by atoms with Crippen LogP contribution in [0.4, 0.5) is 17.6 Å². The number of benzene rings is 1. The molecule has 0 amide bonds. The lowest BCUT2D eigenvalue weighted by molar-refractivity contribution is -0.180. The van der Waals surface area contributed by atoms with Crippen molar-refractivity contribution in [2.24, 2.45) is 0 Å². The predicted octanol–water partition coefficient (Wildman–Crippen LogP) is 1.11. The van der Waals surface area contributed by atoms with Crippen molar-refractivity contribution >= 4 is 9.76 Å². The van der Waals surface area contributed by atoms with Gasteiger partial charge in [-0.25, -0.2) is 17.6 Å². The lowest BCUT2D eigenvalue weighted by atomic mass is 10.1. The fourth-order valence-electron chi connectivity index (χ4n) is 1.12. The zero-order valence-electron chi connectivity index (χ0n) is 8.38. The maximum atomic E-state index is 13.1. The Labute approximate surface area is 96.6 Å². The second-order valence-corrected chi connectivity index (χ2v) is 4.07. The van der Waals surface area contributed by atoms with E-state index in [2.05, 4.69) is 4.43 Å². The van der Waals surface area contributed by atoms with Crippen LogP contribution >= 0.6 is 0 Å². The number of hydrogen-bond acceptors (Lipinski definition) is 3. The second-order valence-electron chi connectivity index (χ2n) is 3.05. The maximum absolute atomic E-state index is 13.1. The molecule has 0 atom stereocenters. The largest absolute Gasteiger partial charge is 0.372 e. The fraction of sp³-hybridized carbons (Fsp3) is 0.333. The van der Waals surface area contributed by atoms with Crippen LogP contribution in [0.3, 0.4) is 0 Å². The van der Waals surface area contributed by atoms with Gasteiger partial charge in [0.25, 0.3) is 6.48 Å². The lowest BCUT2D eigenvalue weighted by Gasteiger charge is -2.06. The minimum absolute atomic E-state index is 0.106. The summed E-state index contributed by atoms with van der Waals surface area (Å²) in [6.07, 6.45) is -0.106. The van der Waals surface area contributed by atoms with Crippen LogP contribution in [0.1, 0.15) is 5.56 Å². The Morgan fingerprint density at radius 1 is 1.12 bits per heavy atom. The first-order chi connectivity index (χ1) is 7.93. The van der Waals surface area contributed by atoms with Crippen molar-refractivity contribution in [2.45, 2.75) is 18.9 Å². The number of aliphatic hydroxyl groups excluding tert-OH is 1. The van der Waals surface area contributed by atoms with Gasteiger partial charge >= 0.3 is 0 Å². The Morgan fingerprint density at radius 3 is 2.35 bits per heavy atom. The molecule has 1 aromatic rings. The molecule has 0 heterocycles. The molecule has 0 saturated heterocycles. The van der Waals surface area contributed by atoms with Crippen molar-refractivity contribution in [1.82, 2.24) is 0 Å². The topological polar surface area (TPSA) is 49.7 Å². The normalized spacial score (nSPS) is 11.2. The van der Waals surface area contributed by atoms with Crippen molar-refractivity contribution in [3.8, 4) is 0 Å². The van der Waals surface area contributed by atoms with Crippen LogP contribution < -0.4 is 0 Å². The third-order valence-corrected chi connectivity index (χ3v) is 2.69. The summed E-state index contributed by atoms with van der Waals surface area (Å²) in [6.45, 7) is -1.94. The van der Waals surface area contributed by atoms with E-state index < -0.39 is 29.7 Å². The molecule has 17 heavy (non-hydrogen) atoms. The van der Waals surface area contributed by atoms with Gasteiger partial charge in [-0.1, -0.05) is 0 Å². The van der Waals surface area contributed by atoms with Gasteiger partial charge in [-0.15, -0.1) is 0 Å². The zero-order chi connectivity index (χ0) is 13.0. The first kappa shape index (κ1) is 14.1. The molecule has 3 nitrogen and oxygen atoms in total. The Bertz CT molecular complexity index is 400. The van der Waals surface area contributed by atoms with E-state index in [0.717, 1.165) is 0 Å². The van der Waals surface area contributed by atoms with E-state index in [4.69, 9.17) is 10.2 Å². The Balaban J connectivity index is 2.66. The number of hydrogen-bond donors (Lipinski definition) is 2. The molecular weight excluding hydrogens is 260 g/mol. The Morgan fingerprint density at radius 2 is 1.76 bits per heavy atom. The number of aliphatic hydroxyl groups is 2. The molecule has 0 bridgehead atoms. The van der Waals surface area contributed by atoms with E-state index in [1.165, 1.54) is 0 Å². The average Bonchev–Trinajstić information content (AvgIpc) is 2.27. The monoisotopic (exact) mass is 268 g/mol. The van der Waals surface area contributed by atoms with Gasteiger partial charge in [0.05, 0.1) is 0 Å². The van der Waals surface area contributed by atoms with Crippen LogP contribution in [0.5, 0.6) is 0 Å². The molecule has 0 aliphatic carbocycles. The Hall–Kier alpha value is -0.963. The summed E-state index contributed by atoms with van der Waals surface area (Å²) in [5, 5.41) is 16.7. The number of halogens is 4. The van der Waals surface area contributed by atoms with Gasteiger partial charge in [0.2, 0.25) is 9.76 Å². The molecule has 0 aliphatic rings. The highest BCUT2D eigenvalue weighted by Gasteiger charge is 2.18. The Kier molecular flexibility index (Phi) is 5.06. The summed E-state index contributed by atoms with van der Waals surface area (Å²) in [5.74, 6) is -6.62. The van der Waals surface area contributed by atoms with Gasteiger partial charge in [0.1, 0.15) is 0 Å². The van der Waals surface area contributed by atoms with Crippen molar-refractivity contribution in [1.29, 1.82) is 0 Å². The molecule has 0 fully saturated rings. The van der Waals surface area contributed by atoms with Crippen LogP contribution in [0, 0.1) is 23.3 Å². The summed E-state index contributed by atoms with van der Waals surface area (Å²) in [4.78, 5) is 0. The third-order valence-electron chi connectivity index (χ3n) is 1.86. The average molecular weight is 268 g/mol. The molecule has 1 rings (SSSR count). The summed E-state index contributed by atoms with van der Waals surface area (Å²) < 4.78 is 55.6. The lowest BCUT2D eigenvalue weighted by Crippen LogP contribution is -2.14. The molecule has 0 aliphatic heterocycles. The minimum Gasteiger partial charge on any atom is -0.372 e. The number of rotatable bonds is 5. The summed E-state index contributed by atoms with van der Waals surface area (Å²) in [7, 11) is -0.380. The molecule has 94 valence electrons. The van der Waals surface area contributed by atoms with Crippen molar-refractivity contribution in [3.05, 3.63) is 34.9 Å². The van der Waals surface area contributed by atoms with Crippen LogP contribution in [0.2, 0.25) is 6.04 Å². The van der Waals surface area contributed by atoms with Crippen LogP contribution in [-0.4, -0.2) is 26.5 Å². The first-order valence-electron chi connectivity index (χ1n) is 4.50. The summed E-state index contributed by atoms with van der Waals surface area (Å²) in [6, 6.07) is 0.687. The third kappa shape index (κ3) is 3.77. The summed E-state index contributed by atoms with van der Waals surface area (Å²) in [5.41, 5.74) is -0.329. The van der Waals surface area contributed by atoms with E-state index in [0.29, 0.717) is 6.07 Å². The van der Waals surface area contributed by atoms with Gasteiger partial charge < -0.3 is 14.6 Å². The van der Waals surface area contributed by atoms with Crippen LogP contribution in [-0.2, 0) is 10.8 Å². The van der Waals surface area contributed by atoms with Crippen molar-refractivity contribution in [2.75, 3.05) is 0 Å². The quantitative estimate of drug-likeness (QED) is 0.210. The van der Waals surface area contributed by atoms with E-state index >= 15 is 0 Å². The smallest absolute Gasteiger partial charge is 0.256 e. The molecule has 8 heteroatoms. The highest BCUT2D eigenvalue weighted by atomic mass is 28.2. The zero-order valence-corrected chi connectivity index (χ0v) is 9.38. The SMILES string of the molecule is OC(O)O[Si]CCc1cc(F)c(F)c(F)c1F. The van der Waals surface area contributed by atoms with E-state index in [1.807, 2.05) is 0 Å². The highest BCUT2D eigenvalue weighted by molar-refractivity contribution is 6.27. The molecule has 0 saturated carbocycles. The molecular formula is C9H8F4O3Si. The van der Waals surface area contributed by atoms with Crippen molar-refractivity contribution < 1.29 is 32.2 Å². The molecule has 2 N–H and O–H groups in total. The van der Waals surface area contributed by atoms with Gasteiger partial charge in [-0.3, -0.25) is 0 Å². The van der Waals surface area contributed by atoms with Crippen LogP contribution in [0.25, 0.3) is 0 Å². The van der Waals surface area contributed by atoms with Gasteiger partial charge in [0.15, 0.2) is 23.3 Å². The summed E-state index contributed by atoms with van der Waals surface area (Å²) >= 11 is 0. The molecule has 0 spiro atoms.